The molecule has 0 aliphatic carbocycles. The Labute approximate surface area is 172 Å². The first-order valence-corrected chi connectivity index (χ1v) is 10.5. The Bertz CT molecular complexity index is 901. The van der Waals surface area contributed by atoms with Crippen molar-refractivity contribution >= 4 is 28.2 Å². The average molecular weight is 402 g/mol. The van der Waals surface area contributed by atoms with Crippen molar-refractivity contribution in [3.8, 4) is 0 Å². The van der Waals surface area contributed by atoms with E-state index >= 15 is 0 Å². The highest BCUT2D eigenvalue weighted by Crippen LogP contribution is 2.20. The number of benzene rings is 1. The lowest BCUT2D eigenvalue weighted by molar-refractivity contribution is 0.0896. The zero-order chi connectivity index (χ0) is 20.3. The zero-order valence-corrected chi connectivity index (χ0v) is 18.1. The monoisotopic (exact) mass is 401 g/mol. The van der Waals surface area contributed by atoms with Crippen molar-refractivity contribution in [2.75, 3.05) is 19.7 Å². The highest BCUT2D eigenvalue weighted by Gasteiger charge is 2.22. The largest absolute Gasteiger partial charge is 0.376 e. The van der Waals surface area contributed by atoms with Crippen LogP contribution in [0.25, 0.3) is 10.9 Å². The summed E-state index contributed by atoms with van der Waals surface area (Å²) in [7, 11) is 0. The van der Waals surface area contributed by atoms with Gasteiger partial charge in [-0.15, -0.1) is 0 Å². The van der Waals surface area contributed by atoms with Crippen LogP contribution in [0.2, 0.25) is 0 Å². The number of nitrogens with one attached hydrogen (secondary N) is 2. The molecule has 1 aliphatic heterocycles. The number of hydrogen-bond donors (Lipinski definition) is 2. The Morgan fingerprint density at radius 1 is 1.39 bits per heavy atom. The molecule has 0 amide bonds. The molecule has 3 rings (SSSR count). The van der Waals surface area contributed by atoms with Crippen LogP contribution in [-0.4, -0.2) is 40.8 Å². The van der Waals surface area contributed by atoms with Crippen LogP contribution < -0.4 is 10.9 Å². The number of thiocarbonyl (C=S) groups is 1. The Kier molecular flexibility index (Phi) is 6.73. The molecule has 2 aromatic rings. The van der Waals surface area contributed by atoms with E-state index in [4.69, 9.17) is 17.0 Å². The molecule has 1 saturated heterocycles. The van der Waals surface area contributed by atoms with Crippen molar-refractivity contribution in [2.24, 2.45) is 5.92 Å². The zero-order valence-electron chi connectivity index (χ0n) is 17.3. The summed E-state index contributed by atoms with van der Waals surface area (Å²) in [6.07, 6.45) is 2.29. The molecule has 1 fully saturated rings. The maximum absolute atomic E-state index is 12.8. The predicted molar refractivity (Wildman–Crippen MR) is 119 cm³/mol. The van der Waals surface area contributed by atoms with Gasteiger partial charge < -0.3 is 19.9 Å². The van der Waals surface area contributed by atoms with Crippen molar-refractivity contribution in [1.29, 1.82) is 0 Å². The molecule has 5 nitrogen and oxygen atoms in total. The maximum Gasteiger partial charge on any atom is 0.253 e. The van der Waals surface area contributed by atoms with Crippen molar-refractivity contribution in [2.45, 2.75) is 53.2 Å². The lowest BCUT2D eigenvalue weighted by Crippen LogP contribution is -2.44. The molecule has 1 aliphatic rings. The van der Waals surface area contributed by atoms with Gasteiger partial charge >= 0.3 is 0 Å². The third kappa shape index (κ3) is 4.92. The van der Waals surface area contributed by atoms with Gasteiger partial charge in [-0.05, 0) is 67.4 Å². The highest BCUT2D eigenvalue weighted by molar-refractivity contribution is 7.80. The fraction of sp³-hybridized carbons (Fsp3) is 0.545. The summed E-state index contributed by atoms with van der Waals surface area (Å²) in [6, 6.07) is 6.16. The molecular weight excluding hydrogens is 370 g/mol. The van der Waals surface area contributed by atoms with Gasteiger partial charge in [0.25, 0.3) is 5.56 Å². The highest BCUT2D eigenvalue weighted by atomic mass is 32.1. The van der Waals surface area contributed by atoms with Crippen molar-refractivity contribution in [3.63, 3.8) is 0 Å². The van der Waals surface area contributed by atoms with Crippen molar-refractivity contribution < 1.29 is 4.74 Å². The smallest absolute Gasteiger partial charge is 0.253 e. The van der Waals surface area contributed by atoms with Gasteiger partial charge in [0.2, 0.25) is 0 Å². The summed E-state index contributed by atoms with van der Waals surface area (Å²) >= 11 is 5.65. The minimum absolute atomic E-state index is 0.0507. The number of hydrogen-bond acceptors (Lipinski definition) is 3. The van der Waals surface area contributed by atoms with Crippen LogP contribution in [-0.2, 0) is 11.3 Å². The summed E-state index contributed by atoms with van der Waals surface area (Å²) < 4.78 is 5.81. The first-order chi connectivity index (χ1) is 13.3. The van der Waals surface area contributed by atoms with Gasteiger partial charge in [-0.2, -0.15) is 0 Å². The van der Waals surface area contributed by atoms with E-state index in [0.717, 1.165) is 48.0 Å². The molecule has 2 heterocycles. The van der Waals surface area contributed by atoms with Gasteiger partial charge in [0.1, 0.15) is 0 Å². The van der Waals surface area contributed by atoms with Gasteiger partial charge in [-0.3, -0.25) is 4.79 Å². The number of ether oxygens (including phenoxy) is 1. The van der Waals surface area contributed by atoms with Crippen LogP contribution in [0.5, 0.6) is 0 Å². The van der Waals surface area contributed by atoms with E-state index in [-0.39, 0.29) is 11.7 Å². The number of aryl methyl sites for hydroxylation is 2. The van der Waals surface area contributed by atoms with Crippen LogP contribution >= 0.6 is 12.2 Å². The normalized spacial score (nSPS) is 16.7. The Hall–Kier alpha value is -1.92. The Balaban J connectivity index is 1.86. The average Bonchev–Trinajstić information content (AvgIpc) is 3.16. The summed E-state index contributed by atoms with van der Waals surface area (Å²) in [5.74, 6) is 0.498. The number of fused-ring (bicyclic) bond motifs is 1. The number of pyridine rings is 1. The Morgan fingerprint density at radius 3 is 2.86 bits per heavy atom. The van der Waals surface area contributed by atoms with Crippen molar-refractivity contribution in [1.82, 2.24) is 15.2 Å². The molecule has 1 atom stereocenters. The predicted octanol–water partition coefficient (Wildman–Crippen LogP) is 3.66. The van der Waals surface area contributed by atoms with E-state index in [1.807, 2.05) is 13.0 Å². The van der Waals surface area contributed by atoms with Crippen LogP contribution in [0.3, 0.4) is 0 Å². The summed E-state index contributed by atoms with van der Waals surface area (Å²) in [4.78, 5) is 17.9. The number of H-pyrrole nitrogens is 1. The van der Waals surface area contributed by atoms with Crippen molar-refractivity contribution in [3.05, 3.63) is 45.2 Å². The first kappa shape index (κ1) is 20.8. The fourth-order valence-corrected chi connectivity index (χ4v) is 3.77. The second kappa shape index (κ2) is 9.05. The molecule has 152 valence electrons. The number of rotatable bonds is 6. The molecule has 6 heteroatoms. The lowest BCUT2D eigenvalue weighted by atomic mass is 10.0. The minimum Gasteiger partial charge on any atom is -0.376 e. The Morgan fingerprint density at radius 2 is 2.18 bits per heavy atom. The molecular formula is C22H31N3O2S. The van der Waals surface area contributed by atoms with Gasteiger partial charge in [0.15, 0.2) is 5.11 Å². The van der Waals surface area contributed by atoms with E-state index in [1.165, 1.54) is 5.56 Å². The number of aromatic amines is 1. The van der Waals surface area contributed by atoms with Crippen LogP contribution in [0.4, 0.5) is 0 Å². The lowest BCUT2D eigenvalue weighted by Gasteiger charge is -2.28. The molecule has 2 N–H and O–H groups in total. The van der Waals surface area contributed by atoms with E-state index in [0.29, 0.717) is 24.1 Å². The van der Waals surface area contributed by atoms with Crippen LogP contribution in [0, 0.1) is 19.8 Å². The second-order valence-electron chi connectivity index (χ2n) is 8.19. The maximum atomic E-state index is 12.8. The molecule has 28 heavy (non-hydrogen) atoms. The topological polar surface area (TPSA) is 57.4 Å². The quantitative estimate of drug-likeness (QED) is 0.724. The molecule has 0 saturated carbocycles. The van der Waals surface area contributed by atoms with E-state index in [1.54, 1.807) is 0 Å². The SMILES string of the molecule is Cc1ccc2cc(CN(CC3CCCO3)C(=S)NCC(C)C)c(=O)[nH]c2c1C. The van der Waals surface area contributed by atoms with Gasteiger partial charge in [-0.25, -0.2) is 0 Å². The third-order valence-electron chi connectivity index (χ3n) is 5.39. The van der Waals surface area contributed by atoms with E-state index < -0.39 is 0 Å². The van der Waals surface area contributed by atoms with E-state index in [9.17, 15) is 4.79 Å². The van der Waals surface area contributed by atoms with Crippen LogP contribution in [0.15, 0.2) is 23.0 Å². The molecule has 1 unspecified atom stereocenters. The summed E-state index contributed by atoms with van der Waals surface area (Å²) in [5, 5.41) is 5.07. The molecule has 0 bridgehead atoms. The second-order valence-corrected chi connectivity index (χ2v) is 8.58. The summed E-state index contributed by atoms with van der Waals surface area (Å²) in [6.45, 7) is 11.2. The number of aromatic nitrogens is 1. The first-order valence-electron chi connectivity index (χ1n) is 10.1. The van der Waals surface area contributed by atoms with E-state index in [2.05, 4.69) is 48.1 Å². The molecule has 1 aromatic heterocycles. The van der Waals surface area contributed by atoms with Gasteiger partial charge in [0.05, 0.1) is 18.2 Å². The molecule has 1 aromatic carbocycles. The third-order valence-corrected chi connectivity index (χ3v) is 5.79. The van der Waals surface area contributed by atoms with Crippen LogP contribution in [0.1, 0.15) is 43.4 Å². The standard InChI is InChI=1S/C22H31N3O2S/c1-14(2)11-23-22(28)25(13-19-6-5-9-27-19)12-18-10-17-8-7-15(3)16(4)20(17)24-21(18)26/h7-8,10,14,19H,5-6,9,11-13H2,1-4H3,(H,23,28)(H,24,26). The fourth-order valence-electron chi connectivity index (χ4n) is 3.55. The van der Waals surface area contributed by atoms with Gasteiger partial charge in [0, 0.05) is 25.3 Å². The minimum atomic E-state index is -0.0507. The number of nitrogens with zero attached hydrogens (tertiary/aromatic N) is 1. The van der Waals surface area contributed by atoms with Gasteiger partial charge in [-0.1, -0.05) is 26.0 Å². The molecule has 0 spiro atoms. The molecule has 0 radical (unpaired) electrons. The summed E-state index contributed by atoms with van der Waals surface area (Å²) in [5.41, 5.74) is 3.88.